The van der Waals surface area contributed by atoms with Gasteiger partial charge in [0.1, 0.15) is 17.9 Å². The highest BCUT2D eigenvalue weighted by molar-refractivity contribution is 7.91. The molecule has 2 aliphatic heterocycles. The second-order valence-electron chi connectivity index (χ2n) is 13.4. The summed E-state index contributed by atoms with van der Waals surface area (Å²) in [5.41, 5.74) is 5.91. The lowest BCUT2D eigenvalue weighted by atomic mass is 10.0. The standard InChI is InChI=1S/C38H44N6O7S/c1-25(2)34(42-38(47)50-3)37(46)44-16-19-51-24-33(44)35-39-22-32(41-35)29-10-6-27(7-11-29)28-8-12-30(13-9-28)36(45)40-31-14-4-26(5-15-31)23-43-17-20-52(48,49)21-18-43/h4-15,22,25,33-34H,16-21,23-24H2,1-3H3,(H,39,41)(H,40,45)(H,42,47)/t33-,34-/m0/s1. The molecular weight excluding hydrogens is 685 g/mol. The van der Waals surface area contributed by atoms with E-state index in [-0.39, 0.29) is 35.8 Å². The Morgan fingerprint density at radius 1 is 0.923 bits per heavy atom. The van der Waals surface area contributed by atoms with Gasteiger partial charge >= 0.3 is 6.09 Å². The molecule has 2 atom stereocenters. The number of nitrogens with one attached hydrogen (secondary N) is 3. The molecule has 3 heterocycles. The maximum atomic E-state index is 13.6. The predicted molar refractivity (Wildman–Crippen MR) is 197 cm³/mol. The summed E-state index contributed by atoms with van der Waals surface area (Å²) in [6, 6.07) is 21.8. The van der Waals surface area contributed by atoms with E-state index in [0.717, 1.165) is 27.9 Å². The van der Waals surface area contributed by atoms with Gasteiger partial charge in [-0.05, 0) is 52.4 Å². The molecule has 0 bridgehead atoms. The molecule has 1 aromatic heterocycles. The number of anilines is 1. The summed E-state index contributed by atoms with van der Waals surface area (Å²) in [4.78, 5) is 50.3. The molecule has 0 aliphatic carbocycles. The quantitative estimate of drug-likeness (QED) is 0.213. The number of sulfone groups is 1. The van der Waals surface area contributed by atoms with E-state index in [1.807, 2.05) is 74.5 Å². The Bertz CT molecular complexity index is 1970. The molecule has 0 radical (unpaired) electrons. The molecule has 0 unspecified atom stereocenters. The number of nitrogens with zero attached hydrogens (tertiary/aromatic N) is 3. The van der Waals surface area contributed by atoms with Crippen LogP contribution in [0.15, 0.2) is 79.0 Å². The van der Waals surface area contributed by atoms with E-state index < -0.39 is 28.0 Å². The van der Waals surface area contributed by atoms with Crippen molar-refractivity contribution >= 4 is 33.4 Å². The molecule has 13 nitrogen and oxygen atoms in total. The van der Waals surface area contributed by atoms with Crippen molar-refractivity contribution in [3.8, 4) is 22.4 Å². The predicted octanol–water partition coefficient (Wildman–Crippen LogP) is 4.51. The molecule has 274 valence electrons. The molecule has 3 aromatic carbocycles. The monoisotopic (exact) mass is 728 g/mol. The van der Waals surface area contributed by atoms with Crippen LogP contribution in [0, 0.1) is 5.92 Å². The summed E-state index contributed by atoms with van der Waals surface area (Å²) >= 11 is 0. The first-order valence-corrected chi connectivity index (χ1v) is 19.1. The molecular formula is C38H44N6O7S. The van der Waals surface area contributed by atoms with Crippen molar-refractivity contribution in [2.24, 2.45) is 5.92 Å². The van der Waals surface area contributed by atoms with Gasteiger partial charge in [-0.2, -0.15) is 0 Å². The number of rotatable bonds is 10. The number of hydrogen-bond acceptors (Lipinski definition) is 9. The van der Waals surface area contributed by atoms with Crippen LogP contribution in [0.25, 0.3) is 22.4 Å². The fourth-order valence-corrected chi connectivity index (χ4v) is 7.62. The van der Waals surface area contributed by atoms with Crippen LogP contribution in [0.2, 0.25) is 0 Å². The van der Waals surface area contributed by atoms with Crippen molar-refractivity contribution in [3.05, 3.63) is 95.9 Å². The summed E-state index contributed by atoms with van der Waals surface area (Å²) in [5, 5.41) is 5.61. The zero-order valence-corrected chi connectivity index (χ0v) is 30.3. The van der Waals surface area contributed by atoms with Gasteiger partial charge in [0, 0.05) is 37.4 Å². The number of methoxy groups -OCH3 is 1. The Kier molecular flexibility index (Phi) is 11.4. The van der Waals surface area contributed by atoms with Crippen LogP contribution in [0.3, 0.4) is 0 Å². The molecule has 4 aromatic rings. The molecule has 6 rings (SSSR count). The summed E-state index contributed by atoms with van der Waals surface area (Å²) in [7, 11) is -1.65. The number of amides is 3. The van der Waals surface area contributed by atoms with Gasteiger partial charge in [-0.1, -0.05) is 62.4 Å². The summed E-state index contributed by atoms with van der Waals surface area (Å²) < 4.78 is 33.8. The largest absolute Gasteiger partial charge is 0.453 e. The molecule has 14 heteroatoms. The van der Waals surface area contributed by atoms with Gasteiger partial charge in [-0.25, -0.2) is 18.2 Å². The minimum absolute atomic E-state index is 0.151. The number of aromatic amines is 1. The van der Waals surface area contributed by atoms with Crippen molar-refractivity contribution in [2.45, 2.75) is 32.5 Å². The number of hydrogen-bond donors (Lipinski definition) is 3. The summed E-state index contributed by atoms with van der Waals surface area (Å²) in [6.07, 6.45) is 1.08. The number of carbonyl (C=O) groups excluding carboxylic acids is 3. The second-order valence-corrected chi connectivity index (χ2v) is 15.7. The number of ether oxygens (including phenoxy) is 2. The maximum absolute atomic E-state index is 13.6. The van der Waals surface area contributed by atoms with E-state index >= 15 is 0 Å². The minimum atomic E-state index is -2.91. The van der Waals surface area contributed by atoms with Gasteiger partial charge in [0.25, 0.3) is 5.91 Å². The molecule has 2 fully saturated rings. The summed E-state index contributed by atoms with van der Waals surface area (Å²) in [6.45, 7) is 6.50. The van der Waals surface area contributed by atoms with Gasteiger partial charge in [-0.15, -0.1) is 0 Å². The van der Waals surface area contributed by atoms with E-state index in [1.54, 1.807) is 23.2 Å². The van der Waals surface area contributed by atoms with Gasteiger partial charge in [0.2, 0.25) is 5.91 Å². The first-order chi connectivity index (χ1) is 25.0. The smallest absolute Gasteiger partial charge is 0.407 e. The number of aromatic nitrogens is 2. The zero-order chi connectivity index (χ0) is 36.8. The van der Waals surface area contributed by atoms with E-state index in [0.29, 0.717) is 49.9 Å². The van der Waals surface area contributed by atoms with Crippen LogP contribution in [0.4, 0.5) is 10.5 Å². The third-order valence-electron chi connectivity index (χ3n) is 9.45. The van der Waals surface area contributed by atoms with Crippen molar-refractivity contribution in [2.75, 3.05) is 56.8 Å². The highest BCUT2D eigenvalue weighted by Gasteiger charge is 2.36. The lowest BCUT2D eigenvalue weighted by Crippen LogP contribution is -2.54. The molecule has 0 spiro atoms. The van der Waals surface area contributed by atoms with Crippen LogP contribution in [0.1, 0.15) is 41.6 Å². The lowest BCUT2D eigenvalue weighted by molar-refractivity contribution is -0.143. The van der Waals surface area contributed by atoms with E-state index in [9.17, 15) is 22.8 Å². The molecule has 2 saturated heterocycles. The van der Waals surface area contributed by atoms with Crippen molar-refractivity contribution in [1.82, 2.24) is 25.1 Å². The highest BCUT2D eigenvalue weighted by atomic mass is 32.2. The molecule has 3 N–H and O–H groups in total. The Morgan fingerprint density at radius 3 is 2.19 bits per heavy atom. The van der Waals surface area contributed by atoms with Gasteiger partial charge in [-0.3, -0.25) is 14.5 Å². The zero-order valence-electron chi connectivity index (χ0n) is 29.5. The second kappa shape index (κ2) is 16.1. The fourth-order valence-electron chi connectivity index (χ4n) is 6.34. The van der Waals surface area contributed by atoms with Gasteiger partial charge in [0.15, 0.2) is 9.84 Å². The van der Waals surface area contributed by atoms with E-state index in [2.05, 4.69) is 25.5 Å². The number of morpholine rings is 1. The van der Waals surface area contributed by atoms with E-state index in [4.69, 9.17) is 9.47 Å². The Labute approximate surface area is 303 Å². The number of benzene rings is 3. The Balaban J connectivity index is 1.06. The van der Waals surface area contributed by atoms with E-state index in [1.165, 1.54) is 7.11 Å². The number of imidazole rings is 1. The van der Waals surface area contributed by atoms with Crippen LogP contribution in [-0.4, -0.2) is 104 Å². The molecule has 3 amide bonds. The van der Waals surface area contributed by atoms with Crippen LogP contribution >= 0.6 is 0 Å². The topological polar surface area (TPSA) is 163 Å². The fraction of sp³-hybridized carbons (Fsp3) is 0.368. The van der Waals surface area contributed by atoms with Crippen LogP contribution in [-0.2, 0) is 30.7 Å². The lowest BCUT2D eigenvalue weighted by Gasteiger charge is -2.37. The first kappa shape index (κ1) is 36.7. The van der Waals surface area contributed by atoms with Crippen molar-refractivity contribution < 1.29 is 32.3 Å². The van der Waals surface area contributed by atoms with Crippen LogP contribution in [0.5, 0.6) is 0 Å². The average Bonchev–Trinajstić information content (AvgIpc) is 3.65. The first-order valence-electron chi connectivity index (χ1n) is 17.3. The average molecular weight is 729 g/mol. The molecule has 0 saturated carbocycles. The maximum Gasteiger partial charge on any atom is 0.407 e. The minimum Gasteiger partial charge on any atom is -0.453 e. The number of carbonyl (C=O) groups is 3. The third-order valence-corrected chi connectivity index (χ3v) is 11.1. The third kappa shape index (κ3) is 8.87. The highest BCUT2D eigenvalue weighted by Crippen LogP contribution is 2.29. The molecule has 52 heavy (non-hydrogen) atoms. The van der Waals surface area contributed by atoms with Crippen molar-refractivity contribution in [1.29, 1.82) is 0 Å². The van der Waals surface area contributed by atoms with Gasteiger partial charge in [0.05, 0.1) is 43.7 Å². The summed E-state index contributed by atoms with van der Waals surface area (Å²) in [5.74, 6) is 0.392. The number of alkyl carbamates (subject to hydrolysis) is 1. The SMILES string of the molecule is COC(=O)N[C@H](C(=O)N1CCOC[C@H]1c1ncc(-c2ccc(-c3ccc(C(=O)Nc4ccc(CN5CCS(=O)(=O)CC5)cc4)cc3)cc2)[nH]1)C(C)C. The Hall–Kier alpha value is -5.05. The molecule has 2 aliphatic rings. The van der Waals surface area contributed by atoms with Crippen LogP contribution < -0.4 is 10.6 Å². The van der Waals surface area contributed by atoms with Crippen molar-refractivity contribution in [3.63, 3.8) is 0 Å². The normalized spacial score (nSPS) is 18.1. The van der Waals surface area contributed by atoms with Gasteiger partial charge < -0.3 is 30.0 Å². The number of H-pyrrole nitrogens is 1. The Morgan fingerprint density at radius 2 is 1.56 bits per heavy atom.